The number of aliphatic hydroxyl groups is 1. The topological polar surface area (TPSA) is 36.6 Å². The molecular formula is C10H15NO2. The Morgan fingerprint density at radius 1 is 1.62 bits per heavy atom. The Labute approximate surface area is 78.0 Å². The van der Waals surface area contributed by atoms with Gasteiger partial charge in [0, 0.05) is 12.1 Å². The van der Waals surface area contributed by atoms with Crippen LogP contribution in [0, 0.1) is 6.92 Å². The summed E-state index contributed by atoms with van der Waals surface area (Å²) in [6, 6.07) is 1.94. The predicted octanol–water partition coefficient (Wildman–Crippen LogP) is 1.46. The molecular weight excluding hydrogens is 166 g/mol. The van der Waals surface area contributed by atoms with Gasteiger partial charge in [0.25, 0.3) is 0 Å². The fourth-order valence-corrected chi connectivity index (χ4v) is 1.81. The van der Waals surface area contributed by atoms with Crippen LogP contribution in [0.15, 0.2) is 10.5 Å². The zero-order chi connectivity index (χ0) is 9.42. The van der Waals surface area contributed by atoms with Crippen LogP contribution in [0.4, 0.5) is 0 Å². The van der Waals surface area contributed by atoms with Crippen molar-refractivity contribution in [1.29, 1.82) is 0 Å². The summed E-state index contributed by atoms with van der Waals surface area (Å²) in [5.74, 6) is 1.81. The van der Waals surface area contributed by atoms with Gasteiger partial charge in [0.15, 0.2) is 0 Å². The van der Waals surface area contributed by atoms with Crippen molar-refractivity contribution in [2.75, 3.05) is 13.6 Å². The summed E-state index contributed by atoms with van der Waals surface area (Å²) in [5, 5.41) is 9.79. The average molecular weight is 181 g/mol. The Morgan fingerprint density at radius 3 is 3.15 bits per heavy atom. The molecule has 0 aromatic carbocycles. The quantitative estimate of drug-likeness (QED) is 0.658. The molecule has 0 saturated heterocycles. The number of hydrogen-bond donors (Lipinski definition) is 1. The van der Waals surface area contributed by atoms with Gasteiger partial charge in [0.2, 0.25) is 0 Å². The Hall–Kier alpha value is -0.800. The SMILES string of the molecule is Cc1cc2c(o1)CN(C)CCC2O. The molecule has 1 aliphatic rings. The molecule has 3 nitrogen and oxygen atoms in total. The van der Waals surface area contributed by atoms with Gasteiger partial charge in [-0.2, -0.15) is 0 Å². The standard InChI is InChI=1S/C10H15NO2/c1-7-5-8-9(12)3-4-11(2)6-10(8)13-7/h5,9,12H,3-4,6H2,1-2H3. The van der Waals surface area contributed by atoms with Crippen molar-refractivity contribution in [2.45, 2.75) is 26.0 Å². The normalized spacial score (nSPS) is 24.1. The first-order valence-electron chi connectivity index (χ1n) is 4.62. The molecule has 0 radical (unpaired) electrons. The van der Waals surface area contributed by atoms with Crippen LogP contribution in [0.25, 0.3) is 0 Å². The van der Waals surface area contributed by atoms with Gasteiger partial charge in [-0.25, -0.2) is 0 Å². The summed E-state index contributed by atoms with van der Waals surface area (Å²) >= 11 is 0. The molecule has 1 aromatic rings. The molecule has 0 bridgehead atoms. The summed E-state index contributed by atoms with van der Waals surface area (Å²) in [7, 11) is 2.04. The van der Waals surface area contributed by atoms with Crippen molar-refractivity contribution < 1.29 is 9.52 Å². The van der Waals surface area contributed by atoms with Crippen molar-refractivity contribution in [3.05, 3.63) is 23.2 Å². The number of fused-ring (bicyclic) bond motifs is 1. The van der Waals surface area contributed by atoms with E-state index in [-0.39, 0.29) is 6.10 Å². The fourth-order valence-electron chi connectivity index (χ4n) is 1.81. The summed E-state index contributed by atoms with van der Waals surface area (Å²) in [6.45, 7) is 3.64. The minimum absolute atomic E-state index is 0.350. The summed E-state index contributed by atoms with van der Waals surface area (Å²) < 4.78 is 5.53. The third kappa shape index (κ3) is 1.62. The van der Waals surface area contributed by atoms with Gasteiger partial charge in [-0.05, 0) is 26.5 Å². The number of nitrogens with zero attached hydrogens (tertiary/aromatic N) is 1. The van der Waals surface area contributed by atoms with Gasteiger partial charge < -0.3 is 9.52 Å². The lowest BCUT2D eigenvalue weighted by molar-refractivity contribution is 0.158. The molecule has 1 atom stereocenters. The minimum atomic E-state index is -0.350. The maximum Gasteiger partial charge on any atom is 0.123 e. The van der Waals surface area contributed by atoms with E-state index in [0.29, 0.717) is 0 Å². The largest absolute Gasteiger partial charge is 0.465 e. The van der Waals surface area contributed by atoms with E-state index < -0.39 is 0 Å². The van der Waals surface area contributed by atoms with E-state index in [1.165, 1.54) is 0 Å². The molecule has 1 aromatic heterocycles. The van der Waals surface area contributed by atoms with Crippen LogP contribution in [0.1, 0.15) is 29.6 Å². The van der Waals surface area contributed by atoms with Crippen LogP contribution in [-0.4, -0.2) is 23.6 Å². The number of aryl methyl sites for hydroxylation is 1. The van der Waals surface area contributed by atoms with Crippen molar-refractivity contribution in [3.63, 3.8) is 0 Å². The highest BCUT2D eigenvalue weighted by Gasteiger charge is 2.22. The van der Waals surface area contributed by atoms with Crippen molar-refractivity contribution in [2.24, 2.45) is 0 Å². The zero-order valence-electron chi connectivity index (χ0n) is 8.08. The fraction of sp³-hybridized carbons (Fsp3) is 0.600. The van der Waals surface area contributed by atoms with Crippen LogP contribution < -0.4 is 0 Å². The lowest BCUT2D eigenvalue weighted by Crippen LogP contribution is -2.17. The molecule has 0 spiro atoms. The lowest BCUT2D eigenvalue weighted by atomic mass is 10.1. The third-order valence-electron chi connectivity index (χ3n) is 2.52. The second-order valence-electron chi connectivity index (χ2n) is 3.78. The first-order chi connectivity index (χ1) is 6.16. The molecule has 72 valence electrons. The molecule has 0 fully saturated rings. The first kappa shape index (κ1) is 8.78. The van der Waals surface area contributed by atoms with Crippen LogP contribution in [0.3, 0.4) is 0 Å². The summed E-state index contributed by atoms with van der Waals surface area (Å²) in [6.07, 6.45) is 0.444. The van der Waals surface area contributed by atoms with Gasteiger partial charge in [0.1, 0.15) is 11.5 Å². The molecule has 13 heavy (non-hydrogen) atoms. The second-order valence-corrected chi connectivity index (χ2v) is 3.78. The van der Waals surface area contributed by atoms with Gasteiger partial charge >= 0.3 is 0 Å². The molecule has 1 aliphatic heterocycles. The van der Waals surface area contributed by atoms with E-state index in [4.69, 9.17) is 4.42 Å². The van der Waals surface area contributed by atoms with E-state index in [2.05, 4.69) is 4.90 Å². The van der Waals surface area contributed by atoms with E-state index in [9.17, 15) is 5.11 Å². The highest BCUT2D eigenvalue weighted by Crippen LogP contribution is 2.28. The monoisotopic (exact) mass is 181 g/mol. The highest BCUT2D eigenvalue weighted by atomic mass is 16.3. The maximum absolute atomic E-state index is 9.79. The van der Waals surface area contributed by atoms with Crippen LogP contribution in [0.5, 0.6) is 0 Å². The summed E-state index contributed by atoms with van der Waals surface area (Å²) in [5.41, 5.74) is 0.974. The lowest BCUT2D eigenvalue weighted by Gasteiger charge is -2.11. The van der Waals surface area contributed by atoms with Gasteiger partial charge in [-0.15, -0.1) is 0 Å². The Morgan fingerprint density at radius 2 is 2.38 bits per heavy atom. The van der Waals surface area contributed by atoms with E-state index >= 15 is 0 Å². The van der Waals surface area contributed by atoms with Crippen LogP contribution in [-0.2, 0) is 6.54 Å². The molecule has 0 saturated carbocycles. The Kier molecular flexibility index (Phi) is 2.14. The predicted molar refractivity (Wildman–Crippen MR) is 49.4 cm³/mol. The number of rotatable bonds is 0. The maximum atomic E-state index is 9.79. The highest BCUT2D eigenvalue weighted by molar-refractivity contribution is 5.24. The van der Waals surface area contributed by atoms with Gasteiger partial charge in [0.05, 0.1) is 12.6 Å². The van der Waals surface area contributed by atoms with Crippen LogP contribution >= 0.6 is 0 Å². The zero-order valence-corrected chi connectivity index (χ0v) is 8.08. The first-order valence-corrected chi connectivity index (χ1v) is 4.62. The van der Waals surface area contributed by atoms with E-state index in [0.717, 1.165) is 36.6 Å². The number of hydrogen-bond acceptors (Lipinski definition) is 3. The number of furan rings is 1. The van der Waals surface area contributed by atoms with E-state index in [1.807, 2.05) is 20.0 Å². The minimum Gasteiger partial charge on any atom is -0.465 e. The van der Waals surface area contributed by atoms with Crippen molar-refractivity contribution in [1.82, 2.24) is 4.90 Å². The Balaban J connectivity index is 2.36. The Bertz CT molecular complexity index is 306. The van der Waals surface area contributed by atoms with Gasteiger partial charge in [-0.3, -0.25) is 4.90 Å². The summed E-state index contributed by atoms with van der Waals surface area (Å²) in [4.78, 5) is 2.16. The molecule has 0 amide bonds. The molecule has 3 heteroatoms. The molecule has 2 rings (SSSR count). The van der Waals surface area contributed by atoms with E-state index in [1.54, 1.807) is 0 Å². The smallest absolute Gasteiger partial charge is 0.123 e. The average Bonchev–Trinajstić information content (AvgIpc) is 2.37. The van der Waals surface area contributed by atoms with Crippen LogP contribution in [0.2, 0.25) is 0 Å². The second kappa shape index (κ2) is 3.16. The number of aliphatic hydroxyl groups excluding tert-OH is 1. The molecule has 2 heterocycles. The molecule has 1 N–H and O–H groups in total. The molecule has 0 aliphatic carbocycles. The third-order valence-corrected chi connectivity index (χ3v) is 2.52. The van der Waals surface area contributed by atoms with Crippen molar-refractivity contribution in [3.8, 4) is 0 Å². The van der Waals surface area contributed by atoms with Gasteiger partial charge in [-0.1, -0.05) is 0 Å². The van der Waals surface area contributed by atoms with Crippen molar-refractivity contribution >= 4 is 0 Å². The molecule has 1 unspecified atom stereocenters.